The number of hydrogen-bond donors (Lipinski definition) is 2. The number of hydrogen-bond acceptors (Lipinski definition) is 5. The molecule has 1 saturated heterocycles. The minimum Gasteiger partial charge on any atom is -0.480 e. The van der Waals surface area contributed by atoms with Crippen molar-refractivity contribution in [2.75, 3.05) is 0 Å². The summed E-state index contributed by atoms with van der Waals surface area (Å²) in [6.45, 7) is 1.39. The summed E-state index contributed by atoms with van der Waals surface area (Å²) in [5.74, 6) is -1.83. The van der Waals surface area contributed by atoms with Gasteiger partial charge >= 0.3 is 17.9 Å². The average molecular weight is 217 g/mol. The Hall–Kier alpha value is -1.92. The number of carbonyl (C=O) groups excluding carboxylic acids is 3. The maximum absolute atomic E-state index is 10.0. The van der Waals surface area contributed by atoms with E-state index in [1.54, 1.807) is 0 Å². The number of cyclic esters (lactones) is 2. The van der Waals surface area contributed by atoms with Crippen LogP contribution in [-0.4, -0.2) is 35.5 Å². The van der Waals surface area contributed by atoms with Gasteiger partial charge in [0.2, 0.25) is 6.41 Å². The highest BCUT2D eigenvalue weighted by Crippen LogP contribution is 2.03. The van der Waals surface area contributed by atoms with E-state index in [0.717, 1.165) is 0 Å². The van der Waals surface area contributed by atoms with E-state index < -0.39 is 23.9 Å². The van der Waals surface area contributed by atoms with E-state index in [4.69, 9.17) is 5.11 Å². The zero-order valence-electron chi connectivity index (χ0n) is 8.06. The molecular weight excluding hydrogens is 206 g/mol. The van der Waals surface area contributed by atoms with Gasteiger partial charge in [-0.25, -0.2) is 0 Å². The van der Waals surface area contributed by atoms with Crippen LogP contribution in [0.3, 0.4) is 0 Å². The van der Waals surface area contributed by atoms with Crippen LogP contribution < -0.4 is 5.32 Å². The lowest BCUT2D eigenvalue weighted by molar-refractivity contribution is -0.152. The molecule has 0 bridgehead atoms. The fourth-order valence-electron chi connectivity index (χ4n) is 0.607. The summed E-state index contributed by atoms with van der Waals surface area (Å²) in [4.78, 5) is 39.4. The van der Waals surface area contributed by atoms with Crippen LogP contribution in [-0.2, 0) is 23.9 Å². The number of esters is 2. The van der Waals surface area contributed by atoms with Crippen molar-refractivity contribution in [3.05, 3.63) is 0 Å². The second kappa shape index (κ2) is 6.52. The van der Waals surface area contributed by atoms with Gasteiger partial charge in [-0.3, -0.25) is 19.2 Å². The molecule has 1 heterocycles. The van der Waals surface area contributed by atoms with E-state index in [2.05, 4.69) is 10.1 Å². The number of carboxylic acid groups (broad SMARTS) is 1. The molecule has 15 heavy (non-hydrogen) atoms. The molecule has 0 aromatic carbocycles. The third-order valence-corrected chi connectivity index (χ3v) is 1.45. The van der Waals surface area contributed by atoms with Gasteiger partial charge in [0.05, 0.1) is 12.8 Å². The molecule has 2 N–H and O–H groups in total. The maximum atomic E-state index is 10.0. The predicted molar refractivity (Wildman–Crippen MR) is 46.6 cm³/mol. The van der Waals surface area contributed by atoms with Crippen LogP contribution in [0.5, 0.6) is 0 Å². The Morgan fingerprint density at radius 2 is 1.93 bits per heavy atom. The first kappa shape index (κ1) is 13.1. The highest BCUT2D eigenvalue weighted by atomic mass is 16.6. The molecule has 7 nitrogen and oxygen atoms in total. The van der Waals surface area contributed by atoms with Crippen molar-refractivity contribution in [3.8, 4) is 0 Å². The van der Waals surface area contributed by atoms with Gasteiger partial charge in [0.1, 0.15) is 6.04 Å². The van der Waals surface area contributed by atoms with E-state index in [-0.39, 0.29) is 12.8 Å². The summed E-state index contributed by atoms with van der Waals surface area (Å²) in [5, 5.41) is 10.2. The third-order valence-electron chi connectivity index (χ3n) is 1.45. The molecule has 0 spiro atoms. The summed E-state index contributed by atoms with van der Waals surface area (Å²) < 4.78 is 4.08. The van der Waals surface area contributed by atoms with Crippen LogP contribution in [0.4, 0.5) is 0 Å². The minimum atomic E-state index is -1.03. The first-order chi connectivity index (χ1) is 6.97. The lowest BCUT2D eigenvalue weighted by Gasteiger charge is -2.00. The Balaban J connectivity index is 0.000000262. The van der Waals surface area contributed by atoms with Crippen molar-refractivity contribution >= 4 is 24.3 Å². The van der Waals surface area contributed by atoms with Crippen molar-refractivity contribution in [3.63, 3.8) is 0 Å². The number of ether oxygens (including phenoxy) is 1. The third kappa shape index (κ3) is 6.19. The number of aliphatic carboxylic acids is 1. The Morgan fingerprint density at radius 3 is 2.07 bits per heavy atom. The molecule has 0 unspecified atom stereocenters. The topological polar surface area (TPSA) is 110 Å². The van der Waals surface area contributed by atoms with Gasteiger partial charge in [-0.1, -0.05) is 0 Å². The molecule has 0 saturated carbocycles. The van der Waals surface area contributed by atoms with E-state index in [1.165, 1.54) is 6.92 Å². The molecule has 1 aliphatic heterocycles. The molecule has 1 fully saturated rings. The van der Waals surface area contributed by atoms with Gasteiger partial charge < -0.3 is 15.2 Å². The second-order valence-electron chi connectivity index (χ2n) is 2.69. The van der Waals surface area contributed by atoms with Crippen LogP contribution in [0.2, 0.25) is 0 Å². The summed E-state index contributed by atoms with van der Waals surface area (Å²) in [5.41, 5.74) is 0. The van der Waals surface area contributed by atoms with Crippen molar-refractivity contribution < 1.29 is 29.0 Å². The van der Waals surface area contributed by atoms with Gasteiger partial charge in [-0.15, -0.1) is 0 Å². The van der Waals surface area contributed by atoms with Crippen LogP contribution in [0.1, 0.15) is 19.8 Å². The first-order valence-corrected chi connectivity index (χ1v) is 4.13. The van der Waals surface area contributed by atoms with Crippen molar-refractivity contribution in [1.82, 2.24) is 5.32 Å². The van der Waals surface area contributed by atoms with E-state index in [9.17, 15) is 19.2 Å². The number of amides is 1. The van der Waals surface area contributed by atoms with E-state index >= 15 is 0 Å². The Morgan fingerprint density at radius 1 is 1.47 bits per heavy atom. The first-order valence-electron chi connectivity index (χ1n) is 4.13. The fourth-order valence-corrected chi connectivity index (χ4v) is 0.607. The minimum absolute atomic E-state index is 0.263. The van der Waals surface area contributed by atoms with Crippen LogP contribution in [0.15, 0.2) is 0 Å². The van der Waals surface area contributed by atoms with E-state index in [1.807, 2.05) is 0 Å². The van der Waals surface area contributed by atoms with Gasteiger partial charge in [0, 0.05) is 0 Å². The molecule has 7 heteroatoms. The standard InChI is InChI=1S/C4H7NO3.C4H4O3/c1-3(4(7)8)5-2-6;5-3-1-2-4(6)7-3/h2-3H,1H3,(H,5,6)(H,7,8);1-2H2/t3-;/m0./s1. The number of carboxylic acids is 1. The SMILES string of the molecule is C[C@H](NC=O)C(=O)O.O=C1CCC(=O)O1. The number of carbonyl (C=O) groups is 4. The summed E-state index contributed by atoms with van der Waals surface area (Å²) in [6.07, 6.45) is 0.885. The predicted octanol–water partition coefficient (Wildman–Crippen LogP) is -0.944. The fraction of sp³-hybridized carbons (Fsp3) is 0.500. The molecular formula is C8H11NO6. The lowest BCUT2D eigenvalue weighted by Crippen LogP contribution is -2.32. The zero-order valence-corrected chi connectivity index (χ0v) is 8.06. The molecule has 0 aliphatic carbocycles. The quantitative estimate of drug-likeness (QED) is 0.358. The largest absolute Gasteiger partial charge is 0.480 e. The molecule has 1 aliphatic rings. The van der Waals surface area contributed by atoms with Crippen LogP contribution in [0.25, 0.3) is 0 Å². The number of nitrogens with one attached hydrogen (secondary N) is 1. The van der Waals surface area contributed by atoms with E-state index in [0.29, 0.717) is 6.41 Å². The summed E-state index contributed by atoms with van der Waals surface area (Å²) >= 11 is 0. The van der Waals surface area contributed by atoms with Crippen molar-refractivity contribution in [1.29, 1.82) is 0 Å². The smallest absolute Gasteiger partial charge is 0.325 e. The highest BCUT2D eigenvalue weighted by molar-refractivity contribution is 5.92. The number of rotatable bonds is 3. The van der Waals surface area contributed by atoms with Gasteiger partial charge in [0.15, 0.2) is 0 Å². The van der Waals surface area contributed by atoms with Crippen LogP contribution in [0, 0.1) is 0 Å². The Labute approximate surface area is 85.4 Å². The molecule has 84 valence electrons. The molecule has 1 amide bonds. The monoisotopic (exact) mass is 217 g/mol. The van der Waals surface area contributed by atoms with Crippen LogP contribution >= 0.6 is 0 Å². The maximum Gasteiger partial charge on any atom is 0.325 e. The molecule has 1 rings (SSSR count). The van der Waals surface area contributed by atoms with Crippen molar-refractivity contribution in [2.45, 2.75) is 25.8 Å². The summed E-state index contributed by atoms with van der Waals surface area (Å²) in [6, 6.07) is -0.785. The normalized spacial score (nSPS) is 15.8. The lowest BCUT2D eigenvalue weighted by atomic mass is 10.4. The second-order valence-corrected chi connectivity index (χ2v) is 2.69. The summed E-state index contributed by atoms with van der Waals surface area (Å²) in [7, 11) is 0. The molecule has 0 radical (unpaired) electrons. The Bertz CT molecular complexity index is 260. The average Bonchev–Trinajstić information content (AvgIpc) is 2.51. The van der Waals surface area contributed by atoms with Gasteiger partial charge in [0.25, 0.3) is 0 Å². The van der Waals surface area contributed by atoms with Gasteiger partial charge in [-0.2, -0.15) is 0 Å². The molecule has 0 aromatic rings. The van der Waals surface area contributed by atoms with Crippen molar-refractivity contribution in [2.24, 2.45) is 0 Å². The Kier molecular flexibility index (Phi) is 5.69. The highest BCUT2D eigenvalue weighted by Gasteiger charge is 2.19. The molecule has 0 aromatic heterocycles. The van der Waals surface area contributed by atoms with Gasteiger partial charge in [-0.05, 0) is 6.92 Å². The molecule has 1 atom stereocenters. The zero-order chi connectivity index (χ0) is 11.8.